The van der Waals surface area contributed by atoms with E-state index in [1.54, 1.807) is 11.3 Å². The quantitative estimate of drug-likeness (QED) is 0.589. The molecule has 1 aliphatic rings. The largest absolute Gasteiger partial charge is 0.378 e. The topological polar surface area (TPSA) is 55.5 Å². The van der Waals surface area contributed by atoms with Crippen LogP contribution in [0.4, 0.5) is 5.13 Å². The van der Waals surface area contributed by atoms with Crippen molar-refractivity contribution in [1.29, 1.82) is 0 Å². The fraction of sp³-hybridized carbons (Fsp3) is 0.550. The van der Waals surface area contributed by atoms with Gasteiger partial charge in [0.05, 0.1) is 29.3 Å². The van der Waals surface area contributed by atoms with Crippen LogP contribution >= 0.6 is 22.9 Å². The number of ether oxygens (including phenoxy) is 1. The van der Waals surface area contributed by atoms with Gasteiger partial charge in [0.25, 0.3) is 0 Å². The first-order valence-electron chi connectivity index (χ1n) is 10.2. The molecule has 0 saturated carbocycles. The fourth-order valence-corrected chi connectivity index (χ4v) is 5.15. The lowest BCUT2D eigenvalue weighted by Gasteiger charge is -2.25. The Balaban J connectivity index is 1.88. The van der Waals surface area contributed by atoms with E-state index in [-0.39, 0.29) is 0 Å². The molecule has 4 rings (SSSR count). The third-order valence-corrected chi connectivity index (χ3v) is 6.71. The molecular weight excluding hydrogens is 394 g/mol. The number of hydrogen-bond acceptors (Lipinski definition) is 6. The van der Waals surface area contributed by atoms with Gasteiger partial charge >= 0.3 is 0 Å². The minimum absolute atomic E-state index is 0.475. The van der Waals surface area contributed by atoms with E-state index in [2.05, 4.69) is 9.88 Å². The highest BCUT2D eigenvalue weighted by atomic mass is 35.5. The molecule has 8 heteroatoms. The van der Waals surface area contributed by atoms with Gasteiger partial charge in [0.15, 0.2) is 10.8 Å². The van der Waals surface area contributed by atoms with Gasteiger partial charge in [-0.05, 0) is 32.8 Å². The predicted octanol–water partition coefficient (Wildman–Crippen LogP) is 4.86. The van der Waals surface area contributed by atoms with Gasteiger partial charge in [-0.3, -0.25) is 0 Å². The van der Waals surface area contributed by atoms with E-state index in [0.717, 1.165) is 51.4 Å². The predicted molar refractivity (Wildman–Crippen MR) is 115 cm³/mol. The van der Waals surface area contributed by atoms with Gasteiger partial charge in [-0.15, -0.1) is 0 Å². The summed E-state index contributed by atoms with van der Waals surface area (Å²) in [5.74, 6) is -0.710. The van der Waals surface area contributed by atoms with Crippen LogP contribution in [0.25, 0.3) is 16.1 Å². The van der Waals surface area contributed by atoms with Crippen LogP contribution in [-0.4, -0.2) is 45.9 Å². The molecule has 0 aromatic carbocycles. The summed E-state index contributed by atoms with van der Waals surface area (Å²) in [5.41, 5.74) is 4.24. The summed E-state index contributed by atoms with van der Waals surface area (Å²) in [7, 11) is 0. The number of anilines is 1. The maximum absolute atomic E-state index is 8.96. The van der Waals surface area contributed by atoms with Gasteiger partial charge in [0, 0.05) is 31.7 Å². The van der Waals surface area contributed by atoms with E-state index >= 15 is 0 Å². The SMILES string of the molecule is [2H]C(CC)(CC)c1cc(C)nc2c(-c3sc(N4CCOCC4)nc3Cl)c(C)nn12. The molecule has 6 nitrogen and oxygen atoms in total. The van der Waals surface area contributed by atoms with E-state index in [4.69, 9.17) is 27.8 Å². The molecule has 0 bridgehead atoms. The summed E-state index contributed by atoms with van der Waals surface area (Å²) in [6.07, 6.45) is 1.41. The minimum atomic E-state index is -0.710. The van der Waals surface area contributed by atoms with E-state index in [1.165, 1.54) is 0 Å². The van der Waals surface area contributed by atoms with Crippen LogP contribution in [0.1, 0.15) is 51.0 Å². The molecule has 0 spiro atoms. The highest BCUT2D eigenvalue weighted by Gasteiger charge is 2.25. The Morgan fingerprint density at radius 1 is 1.25 bits per heavy atom. The first-order chi connectivity index (χ1) is 13.9. The number of thiazole rings is 1. The van der Waals surface area contributed by atoms with Crippen molar-refractivity contribution in [3.8, 4) is 10.4 Å². The van der Waals surface area contributed by atoms with Crippen LogP contribution in [0, 0.1) is 13.8 Å². The van der Waals surface area contributed by atoms with Crippen molar-refractivity contribution in [2.24, 2.45) is 0 Å². The molecule has 0 unspecified atom stereocenters. The third-order valence-electron chi connectivity index (χ3n) is 5.19. The number of rotatable bonds is 5. The Bertz CT molecular complexity index is 1040. The molecule has 3 aromatic rings. The summed E-state index contributed by atoms with van der Waals surface area (Å²) in [5, 5.41) is 6.15. The van der Waals surface area contributed by atoms with Crippen molar-refractivity contribution in [2.45, 2.75) is 46.4 Å². The first kappa shape index (κ1) is 18.3. The van der Waals surface area contributed by atoms with Crippen LogP contribution in [0.5, 0.6) is 0 Å². The van der Waals surface area contributed by atoms with Gasteiger partial charge in [-0.1, -0.05) is 36.8 Å². The maximum atomic E-state index is 8.96. The van der Waals surface area contributed by atoms with Gasteiger partial charge in [-0.25, -0.2) is 14.5 Å². The van der Waals surface area contributed by atoms with Gasteiger partial charge in [0.2, 0.25) is 0 Å². The third kappa shape index (κ3) is 3.40. The Labute approximate surface area is 175 Å². The standard InChI is InChI=1S/C20H26ClN5OS/c1-5-14(6-2)15-11-12(3)22-19-16(13(4)24-26(15)19)17-18(21)23-20(28-17)25-7-9-27-10-8-25/h11,14H,5-10H2,1-4H3/i14D. The molecule has 0 aliphatic carbocycles. The summed E-state index contributed by atoms with van der Waals surface area (Å²) in [6.45, 7) is 11.1. The number of halogens is 1. The Kier molecular flexibility index (Phi) is 5.22. The molecule has 28 heavy (non-hydrogen) atoms. The molecule has 150 valence electrons. The van der Waals surface area contributed by atoms with E-state index in [9.17, 15) is 0 Å². The van der Waals surface area contributed by atoms with Crippen LogP contribution in [0.2, 0.25) is 5.15 Å². The normalized spacial score (nSPS) is 16.0. The first-order valence-corrected chi connectivity index (χ1v) is 10.9. The molecule has 0 radical (unpaired) electrons. The number of morpholine rings is 1. The molecular formula is C20H26ClN5OS. The Morgan fingerprint density at radius 2 is 1.96 bits per heavy atom. The number of fused-ring (bicyclic) bond motifs is 1. The van der Waals surface area contributed by atoms with Crippen molar-refractivity contribution in [3.63, 3.8) is 0 Å². The molecule has 0 N–H and O–H groups in total. The summed E-state index contributed by atoms with van der Waals surface area (Å²) in [6, 6.07) is 1.98. The number of aromatic nitrogens is 4. The van der Waals surface area contributed by atoms with E-state index in [0.29, 0.717) is 31.2 Å². The zero-order valence-corrected chi connectivity index (χ0v) is 18.3. The summed E-state index contributed by atoms with van der Waals surface area (Å²) < 4.78 is 16.2. The monoisotopic (exact) mass is 420 g/mol. The second kappa shape index (κ2) is 7.97. The van der Waals surface area contributed by atoms with Crippen LogP contribution < -0.4 is 4.90 Å². The molecule has 1 saturated heterocycles. The number of aryl methyl sites for hydroxylation is 2. The highest BCUT2D eigenvalue weighted by Crippen LogP contribution is 2.41. The van der Waals surface area contributed by atoms with Gasteiger partial charge in [-0.2, -0.15) is 5.10 Å². The average molecular weight is 421 g/mol. The van der Waals surface area contributed by atoms with E-state index in [1.807, 2.05) is 38.3 Å². The molecule has 4 heterocycles. The maximum Gasteiger partial charge on any atom is 0.187 e. The molecule has 1 fully saturated rings. The molecule has 3 aromatic heterocycles. The number of hydrogen-bond donors (Lipinski definition) is 0. The van der Waals surface area contributed by atoms with Crippen molar-refractivity contribution in [2.75, 3.05) is 31.2 Å². The lowest BCUT2D eigenvalue weighted by molar-refractivity contribution is 0.122. The summed E-state index contributed by atoms with van der Waals surface area (Å²) in [4.78, 5) is 12.5. The smallest absolute Gasteiger partial charge is 0.187 e. The lowest BCUT2D eigenvalue weighted by Crippen LogP contribution is -2.36. The average Bonchev–Trinajstić information content (AvgIpc) is 3.26. The molecule has 1 aliphatic heterocycles. The Morgan fingerprint density at radius 3 is 2.64 bits per heavy atom. The van der Waals surface area contributed by atoms with Crippen molar-refractivity contribution >= 4 is 33.7 Å². The van der Waals surface area contributed by atoms with Crippen LogP contribution in [0.3, 0.4) is 0 Å². The van der Waals surface area contributed by atoms with Gasteiger partial charge < -0.3 is 9.64 Å². The lowest BCUT2D eigenvalue weighted by atomic mass is 9.98. The number of nitrogens with zero attached hydrogens (tertiary/aromatic N) is 5. The zero-order valence-electron chi connectivity index (χ0n) is 17.8. The fourth-order valence-electron chi connectivity index (χ4n) is 3.71. The van der Waals surface area contributed by atoms with Crippen molar-refractivity contribution < 1.29 is 6.11 Å². The second-order valence-electron chi connectivity index (χ2n) is 7.01. The molecule has 0 atom stereocenters. The van der Waals surface area contributed by atoms with Gasteiger partial charge in [0.1, 0.15) is 5.15 Å². The second-order valence-corrected chi connectivity index (χ2v) is 8.34. The zero-order chi connectivity index (χ0) is 20.8. The highest BCUT2D eigenvalue weighted by molar-refractivity contribution is 7.19. The van der Waals surface area contributed by atoms with E-state index < -0.39 is 5.89 Å². The minimum Gasteiger partial charge on any atom is -0.378 e. The summed E-state index contributed by atoms with van der Waals surface area (Å²) >= 11 is 8.16. The van der Waals surface area contributed by atoms with Crippen LogP contribution in [0.15, 0.2) is 6.07 Å². The van der Waals surface area contributed by atoms with Crippen molar-refractivity contribution in [3.05, 3.63) is 28.3 Å². The van der Waals surface area contributed by atoms with Crippen LogP contribution in [-0.2, 0) is 4.74 Å². The molecule has 0 amide bonds. The van der Waals surface area contributed by atoms with Crippen molar-refractivity contribution in [1.82, 2.24) is 19.6 Å². The Hall–Kier alpha value is -1.70.